The minimum absolute atomic E-state index is 0.0780. The lowest BCUT2D eigenvalue weighted by Crippen LogP contribution is -2.25. The predicted octanol–water partition coefficient (Wildman–Crippen LogP) is 4.63. The van der Waals surface area contributed by atoms with Gasteiger partial charge in [0.1, 0.15) is 17.3 Å². The number of halogens is 2. The molecular weight excluding hydrogens is 289 g/mol. The van der Waals surface area contributed by atoms with E-state index in [4.69, 9.17) is 17.3 Å². The molecular formula is C16H21ClFN3. The first-order valence-electron chi connectivity index (χ1n) is 7.09. The Balaban J connectivity index is 2.68. The van der Waals surface area contributed by atoms with Crippen LogP contribution in [0.25, 0.3) is 11.3 Å². The Morgan fingerprint density at radius 2 is 2.00 bits per heavy atom. The highest BCUT2D eigenvalue weighted by molar-refractivity contribution is 6.31. The molecule has 0 saturated heterocycles. The molecule has 0 aliphatic heterocycles. The summed E-state index contributed by atoms with van der Waals surface area (Å²) in [6, 6.07) is 4.88. The Hall–Kier alpha value is -1.55. The summed E-state index contributed by atoms with van der Waals surface area (Å²) < 4.78 is 16.2. The monoisotopic (exact) mass is 309 g/mol. The third kappa shape index (κ3) is 2.91. The second-order valence-electron chi connectivity index (χ2n) is 6.12. The maximum Gasteiger partial charge on any atom is 0.151 e. The minimum atomic E-state index is -0.479. The normalized spacial score (nSPS) is 11.9. The molecule has 3 nitrogen and oxygen atoms in total. The summed E-state index contributed by atoms with van der Waals surface area (Å²) in [7, 11) is 0. The molecule has 1 aromatic carbocycles. The van der Waals surface area contributed by atoms with Crippen molar-refractivity contribution in [3.8, 4) is 11.3 Å². The van der Waals surface area contributed by atoms with Crippen molar-refractivity contribution in [3.05, 3.63) is 34.9 Å². The zero-order valence-electron chi connectivity index (χ0n) is 12.9. The number of imidazole rings is 1. The molecule has 1 heterocycles. The number of nitrogens with two attached hydrogens (primary N) is 1. The number of aromatic nitrogens is 2. The van der Waals surface area contributed by atoms with Crippen molar-refractivity contribution in [3.63, 3.8) is 0 Å². The van der Waals surface area contributed by atoms with Gasteiger partial charge in [-0.3, -0.25) is 0 Å². The number of rotatable bonds is 3. The van der Waals surface area contributed by atoms with E-state index in [-0.39, 0.29) is 10.6 Å². The van der Waals surface area contributed by atoms with Gasteiger partial charge in [0, 0.05) is 17.5 Å². The number of benzene rings is 1. The fraction of sp³-hybridized carbons (Fsp3) is 0.438. The van der Waals surface area contributed by atoms with Gasteiger partial charge in [-0.1, -0.05) is 24.6 Å². The number of hydrogen-bond donors (Lipinski definition) is 1. The highest BCUT2D eigenvalue weighted by Gasteiger charge is 2.25. The third-order valence-electron chi connectivity index (χ3n) is 3.33. The van der Waals surface area contributed by atoms with Gasteiger partial charge < -0.3 is 10.3 Å². The predicted molar refractivity (Wildman–Crippen MR) is 86.0 cm³/mol. The average molecular weight is 310 g/mol. The zero-order chi connectivity index (χ0) is 15.8. The van der Waals surface area contributed by atoms with Crippen LogP contribution in [0.5, 0.6) is 0 Å². The van der Waals surface area contributed by atoms with Crippen LogP contribution in [-0.2, 0) is 12.0 Å². The second-order valence-corrected chi connectivity index (χ2v) is 6.53. The van der Waals surface area contributed by atoms with E-state index >= 15 is 0 Å². The molecule has 0 amide bonds. The fourth-order valence-corrected chi connectivity index (χ4v) is 2.68. The number of nitrogens with zero attached hydrogens (tertiary/aromatic N) is 2. The summed E-state index contributed by atoms with van der Waals surface area (Å²) in [6.07, 6.45) is 1.74. The summed E-state index contributed by atoms with van der Waals surface area (Å²) in [5.74, 6) is 0.872. The van der Waals surface area contributed by atoms with E-state index in [0.717, 1.165) is 18.7 Å². The molecule has 0 atom stereocenters. The van der Waals surface area contributed by atoms with E-state index in [1.54, 1.807) is 12.1 Å². The standard InChI is InChI=1S/C16H21ClFN3/c1-5-7-12-20-14(15(19)21(12)16(2,3)4)10-8-6-9-11(17)13(10)18/h6,8-9H,5,7,19H2,1-4H3. The maximum absolute atomic E-state index is 14.3. The number of anilines is 1. The highest BCUT2D eigenvalue weighted by atomic mass is 35.5. The molecule has 2 aromatic rings. The molecule has 0 bridgehead atoms. The molecule has 0 radical (unpaired) electrons. The average Bonchev–Trinajstić information content (AvgIpc) is 2.70. The van der Waals surface area contributed by atoms with Crippen LogP contribution in [0, 0.1) is 5.82 Å². The molecule has 2 N–H and O–H groups in total. The zero-order valence-corrected chi connectivity index (χ0v) is 13.6. The van der Waals surface area contributed by atoms with E-state index in [0.29, 0.717) is 17.1 Å². The van der Waals surface area contributed by atoms with Crippen molar-refractivity contribution >= 4 is 17.4 Å². The van der Waals surface area contributed by atoms with Crippen molar-refractivity contribution < 1.29 is 4.39 Å². The molecule has 0 spiro atoms. The topological polar surface area (TPSA) is 43.8 Å². The molecule has 0 unspecified atom stereocenters. The van der Waals surface area contributed by atoms with Crippen LogP contribution in [-0.4, -0.2) is 9.55 Å². The van der Waals surface area contributed by atoms with Gasteiger partial charge in [-0.25, -0.2) is 9.37 Å². The van der Waals surface area contributed by atoms with Gasteiger partial charge in [-0.05, 0) is 39.3 Å². The highest BCUT2D eigenvalue weighted by Crippen LogP contribution is 2.34. The fourth-order valence-electron chi connectivity index (χ4n) is 2.51. The third-order valence-corrected chi connectivity index (χ3v) is 3.63. The lowest BCUT2D eigenvalue weighted by Gasteiger charge is -2.25. The number of aryl methyl sites for hydroxylation is 1. The van der Waals surface area contributed by atoms with Gasteiger partial charge in [0.05, 0.1) is 5.02 Å². The summed E-state index contributed by atoms with van der Waals surface area (Å²) in [5.41, 5.74) is 6.86. The van der Waals surface area contributed by atoms with E-state index in [1.165, 1.54) is 6.07 Å². The Morgan fingerprint density at radius 1 is 1.33 bits per heavy atom. The smallest absolute Gasteiger partial charge is 0.151 e. The molecule has 0 fully saturated rings. The van der Waals surface area contributed by atoms with E-state index in [9.17, 15) is 4.39 Å². The SMILES string of the molecule is CCCc1nc(-c2cccc(Cl)c2F)c(N)n1C(C)(C)C. The molecule has 21 heavy (non-hydrogen) atoms. The quantitative estimate of drug-likeness (QED) is 0.898. The van der Waals surface area contributed by atoms with Crippen LogP contribution < -0.4 is 5.73 Å². The summed E-state index contributed by atoms with van der Waals surface area (Å²) in [5, 5.41) is 0.0780. The van der Waals surface area contributed by atoms with Crippen LogP contribution in [0.1, 0.15) is 39.9 Å². The molecule has 2 rings (SSSR count). The Kier molecular flexibility index (Phi) is 4.28. The van der Waals surface area contributed by atoms with Crippen molar-refractivity contribution in [1.82, 2.24) is 9.55 Å². The van der Waals surface area contributed by atoms with Crippen LogP contribution >= 0.6 is 11.6 Å². The van der Waals surface area contributed by atoms with Crippen molar-refractivity contribution in [2.24, 2.45) is 0 Å². The maximum atomic E-state index is 14.3. The lowest BCUT2D eigenvalue weighted by molar-refractivity contribution is 0.387. The van der Waals surface area contributed by atoms with Crippen molar-refractivity contribution in [2.45, 2.75) is 46.1 Å². The van der Waals surface area contributed by atoms with Crippen LogP contribution in [0.15, 0.2) is 18.2 Å². The van der Waals surface area contributed by atoms with Gasteiger partial charge >= 0.3 is 0 Å². The first-order valence-corrected chi connectivity index (χ1v) is 7.47. The van der Waals surface area contributed by atoms with Crippen molar-refractivity contribution in [2.75, 3.05) is 5.73 Å². The lowest BCUT2D eigenvalue weighted by atomic mass is 10.1. The number of nitrogen functional groups attached to an aromatic ring is 1. The molecule has 114 valence electrons. The van der Waals surface area contributed by atoms with Gasteiger partial charge in [0.15, 0.2) is 5.82 Å². The molecule has 0 aliphatic rings. The van der Waals surface area contributed by atoms with Gasteiger partial charge in [-0.2, -0.15) is 0 Å². The molecule has 0 saturated carbocycles. The Labute approximate surface area is 129 Å². The van der Waals surface area contributed by atoms with Crippen LogP contribution in [0.3, 0.4) is 0 Å². The van der Waals surface area contributed by atoms with E-state index < -0.39 is 5.82 Å². The first kappa shape index (κ1) is 15.8. The summed E-state index contributed by atoms with van der Waals surface area (Å²) in [6.45, 7) is 8.25. The van der Waals surface area contributed by atoms with Gasteiger partial charge in [0.25, 0.3) is 0 Å². The van der Waals surface area contributed by atoms with Crippen molar-refractivity contribution in [1.29, 1.82) is 0 Å². The van der Waals surface area contributed by atoms with Crippen LogP contribution in [0.4, 0.5) is 10.2 Å². The second kappa shape index (κ2) is 5.68. The minimum Gasteiger partial charge on any atom is -0.383 e. The first-order chi connectivity index (χ1) is 9.77. The summed E-state index contributed by atoms with van der Waals surface area (Å²) >= 11 is 5.86. The van der Waals surface area contributed by atoms with Gasteiger partial charge in [-0.15, -0.1) is 0 Å². The molecule has 0 aliphatic carbocycles. The van der Waals surface area contributed by atoms with E-state index in [1.807, 2.05) is 4.57 Å². The Morgan fingerprint density at radius 3 is 2.57 bits per heavy atom. The molecule has 5 heteroatoms. The largest absolute Gasteiger partial charge is 0.383 e. The summed E-state index contributed by atoms with van der Waals surface area (Å²) in [4.78, 5) is 4.58. The Bertz CT molecular complexity index is 656. The molecule has 1 aromatic heterocycles. The van der Waals surface area contributed by atoms with Crippen LogP contribution in [0.2, 0.25) is 5.02 Å². The van der Waals surface area contributed by atoms with Gasteiger partial charge in [0.2, 0.25) is 0 Å². The van der Waals surface area contributed by atoms with E-state index in [2.05, 4.69) is 32.7 Å². The number of hydrogen-bond acceptors (Lipinski definition) is 2.